The van der Waals surface area contributed by atoms with Gasteiger partial charge in [0.25, 0.3) is 0 Å². The van der Waals surface area contributed by atoms with Crippen LogP contribution in [0, 0.1) is 0 Å². The van der Waals surface area contributed by atoms with E-state index in [9.17, 15) is 0 Å². The first kappa shape index (κ1) is 23.1. The minimum atomic E-state index is 0.220. The van der Waals surface area contributed by atoms with E-state index < -0.39 is 0 Å². The Morgan fingerprint density at radius 2 is 1.76 bits per heavy atom. The molecule has 7 rings (SSSR count). The number of hydrogen-bond donors (Lipinski definition) is 1. The van der Waals surface area contributed by atoms with Crippen molar-refractivity contribution in [3.05, 3.63) is 131 Å². The third-order valence-electron chi connectivity index (χ3n) is 7.58. The minimum absolute atomic E-state index is 0.220. The van der Waals surface area contributed by atoms with E-state index in [-0.39, 0.29) is 5.92 Å². The van der Waals surface area contributed by atoms with Gasteiger partial charge in [-0.2, -0.15) is 0 Å². The molecule has 186 valence electrons. The predicted octanol–water partition coefficient (Wildman–Crippen LogP) is 9.89. The summed E-state index contributed by atoms with van der Waals surface area (Å²) in [6, 6.07) is 32.7. The topological polar surface area (TPSA) is 25.2 Å². The molecule has 0 fully saturated rings. The number of benzene rings is 4. The lowest BCUT2D eigenvalue weighted by molar-refractivity contribution is 0.518. The average Bonchev–Trinajstić information content (AvgIpc) is 3.54. The Balaban J connectivity index is 1.24. The minimum Gasteiger partial charge on any atom is -0.460 e. The first-order valence-corrected chi connectivity index (χ1v) is 14.2. The molecule has 2 aromatic heterocycles. The van der Waals surface area contributed by atoms with Gasteiger partial charge in [0, 0.05) is 49.3 Å². The highest BCUT2D eigenvalue weighted by atomic mass is 32.1. The number of furan rings is 1. The lowest BCUT2D eigenvalue weighted by Gasteiger charge is -2.18. The van der Waals surface area contributed by atoms with E-state index in [4.69, 9.17) is 4.42 Å². The molecule has 38 heavy (non-hydrogen) atoms. The van der Waals surface area contributed by atoms with Gasteiger partial charge in [-0.25, -0.2) is 0 Å². The molecule has 0 bridgehead atoms. The molecule has 3 heteroatoms. The van der Waals surface area contributed by atoms with Gasteiger partial charge in [0.2, 0.25) is 0 Å². The number of hydrogen-bond acceptors (Lipinski definition) is 3. The number of rotatable bonds is 6. The van der Waals surface area contributed by atoms with Crippen molar-refractivity contribution in [2.24, 2.45) is 0 Å². The molecule has 0 spiro atoms. The van der Waals surface area contributed by atoms with Crippen molar-refractivity contribution in [3.8, 4) is 0 Å². The zero-order chi connectivity index (χ0) is 25.5. The van der Waals surface area contributed by atoms with Crippen molar-refractivity contribution >= 4 is 54.3 Å². The van der Waals surface area contributed by atoms with E-state index in [1.807, 2.05) is 11.3 Å². The van der Waals surface area contributed by atoms with Gasteiger partial charge >= 0.3 is 0 Å². The van der Waals surface area contributed by atoms with Crippen molar-refractivity contribution < 1.29 is 4.42 Å². The van der Waals surface area contributed by atoms with E-state index in [1.54, 1.807) is 0 Å². The van der Waals surface area contributed by atoms with E-state index in [1.165, 1.54) is 53.5 Å². The monoisotopic (exact) mass is 511 g/mol. The zero-order valence-corrected chi connectivity index (χ0v) is 22.2. The van der Waals surface area contributed by atoms with Crippen LogP contribution < -0.4 is 5.32 Å². The molecule has 2 nitrogen and oxygen atoms in total. The maximum absolute atomic E-state index is 6.67. The van der Waals surface area contributed by atoms with Gasteiger partial charge in [0.1, 0.15) is 11.3 Å². The Labute approximate surface area is 226 Å². The van der Waals surface area contributed by atoms with Crippen LogP contribution in [-0.4, -0.2) is 0 Å². The smallest absolute Gasteiger partial charge is 0.135 e. The Bertz CT molecular complexity index is 1840. The lowest BCUT2D eigenvalue weighted by Crippen LogP contribution is -2.11. The van der Waals surface area contributed by atoms with Gasteiger partial charge in [-0.1, -0.05) is 104 Å². The molecule has 4 aromatic carbocycles. The summed E-state index contributed by atoms with van der Waals surface area (Å²) in [7, 11) is 0. The van der Waals surface area contributed by atoms with Crippen molar-refractivity contribution in [1.82, 2.24) is 5.32 Å². The number of fused-ring (bicyclic) bond motifs is 6. The summed E-state index contributed by atoms with van der Waals surface area (Å²) >= 11 is 1.90. The van der Waals surface area contributed by atoms with Crippen molar-refractivity contribution in [3.63, 3.8) is 0 Å². The van der Waals surface area contributed by atoms with E-state index in [0.29, 0.717) is 0 Å². The Kier molecular flexibility index (Phi) is 5.87. The summed E-state index contributed by atoms with van der Waals surface area (Å²) in [6.07, 6.45) is 8.76. The average molecular weight is 512 g/mol. The van der Waals surface area contributed by atoms with Gasteiger partial charge in [0.05, 0.1) is 0 Å². The fourth-order valence-corrected chi connectivity index (χ4v) is 7.04. The molecular weight excluding hydrogens is 482 g/mol. The maximum atomic E-state index is 6.67. The Morgan fingerprint density at radius 3 is 2.66 bits per heavy atom. The zero-order valence-electron chi connectivity index (χ0n) is 21.4. The molecule has 0 aliphatic heterocycles. The van der Waals surface area contributed by atoms with Crippen LogP contribution in [0.4, 0.5) is 0 Å². The van der Waals surface area contributed by atoms with Crippen molar-refractivity contribution in [2.45, 2.75) is 32.2 Å². The molecule has 0 saturated carbocycles. The van der Waals surface area contributed by atoms with Crippen LogP contribution in [0.15, 0.2) is 108 Å². The highest BCUT2D eigenvalue weighted by Crippen LogP contribution is 2.45. The summed E-state index contributed by atoms with van der Waals surface area (Å²) < 4.78 is 9.39. The van der Waals surface area contributed by atoms with Gasteiger partial charge in [-0.15, -0.1) is 11.3 Å². The van der Waals surface area contributed by atoms with Crippen LogP contribution in [-0.2, 0) is 6.54 Å². The second-order valence-corrected chi connectivity index (χ2v) is 11.0. The number of allylic oxidation sites excluding steroid dienone is 2. The highest BCUT2D eigenvalue weighted by molar-refractivity contribution is 7.26. The van der Waals surface area contributed by atoms with Crippen molar-refractivity contribution in [1.29, 1.82) is 0 Å². The molecular formula is C35H29NOS. The molecule has 1 atom stereocenters. The molecule has 1 aliphatic carbocycles. The first-order valence-electron chi connectivity index (χ1n) is 13.4. The first-order chi connectivity index (χ1) is 18.8. The summed E-state index contributed by atoms with van der Waals surface area (Å²) in [6.45, 7) is 2.93. The third kappa shape index (κ3) is 3.95. The van der Waals surface area contributed by atoms with E-state index in [2.05, 4.69) is 121 Å². The number of thiophene rings is 1. The summed E-state index contributed by atoms with van der Waals surface area (Å²) in [5.41, 5.74) is 7.17. The molecule has 1 unspecified atom stereocenters. The highest BCUT2D eigenvalue weighted by Gasteiger charge is 2.27. The Hall–Kier alpha value is -4.08. The summed E-state index contributed by atoms with van der Waals surface area (Å²) in [4.78, 5) is 0. The van der Waals surface area contributed by atoms with E-state index in [0.717, 1.165) is 30.7 Å². The molecule has 1 aliphatic rings. The summed E-state index contributed by atoms with van der Waals surface area (Å²) in [5.74, 6) is 1.31. The van der Waals surface area contributed by atoms with Crippen LogP contribution in [0.5, 0.6) is 0 Å². The molecule has 0 saturated heterocycles. The summed E-state index contributed by atoms with van der Waals surface area (Å²) in [5, 5.41) is 7.54. The molecule has 2 heterocycles. The van der Waals surface area contributed by atoms with Gasteiger partial charge in [-0.05, 0) is 41.7 Å². The van der Waals surface area contributed by atoms with Crippen LogP contribution >= 0.6 is 11.3 Å². The van der Waals surface area contributed by atoms with Gasteiger partial charge in [-0.3, -0.25) is 0 Å². The molecule has 0 radical (unpaired) electrons. The fraction of sp³-hybridized carbons (Fsp3) is 0.143. The normalized spacial score (nSPS) is 15.4. The lowest BCUT2D eigenvalue weighted by atomic mass is 9.86. The SMILES string of the molecule is CC/C=C(/NCc1ccc2c3c(oc2c1)C(c1cccc2c1sc1ccccc12)CC=C3)c1ccccc1. The third-order valence-corrected chi connectivity index (χ3v) is 8.82. The standard InChI is InChI=1S/C35H29NOS/c1-2-10-31(24-11-4-3-5-12-24)36-22-23-19-20-25-27-14-8-15-28(34(27)37-32(25)21-23)30-17-9-16-29-26-13-6-7-18-33(26)38-35(29)30/h3-14,16-21,28,36H,2,15,22H2,1H3/b31-10+. The quantitative estimate of drug-likeness (QED) is 0.241. The molecule has 6 aromatic rings. The van der Waals surface area contributed by atoms with Crippen molar-refractivity contribution in [2.75, 3.05) is 0 Å². The van der Waals surface area contributed by atoms with Crippen LogP contribution in [0.25, 0.3) is 42.9 Å². The van der Waals surface area contributed by atoms with E-state index >= 15 is 0 Å². The van der Waals surface area contributed by atoms with Gasteiger partial charge in [0.15, 0.2) is 0 Å². The molecule has 1 N–H and O–H groups in total. The maximum Gasteiger partial charge on any atom is 0.135 e. The number of nitrogens with one attached hydrogen (secondary N) is 1. The largest absolute Gasteiger partial charge is 0.460 e. The van der Waals surface area contributed by atoms with Crippen LogP contribution in [0.1, 0.15) is 53.7 Å². The van der Waals surface area contributed by atoms with Crippen LogP contribution in [0.3, 0.4) is 0 Å². The van der Waals surface area contributed by atoms with Crippen LogP contribution in [0.2, 0.25) is 0 Å². The second kappa shape index (κ2) is 9.66. The Morgan fingerprint density at radius 1 is 0.921 bits per heavy atom. The fourth-order valence-electron chi connectivity index (χ4n) is 5.77. The predicted molar refractivity (Wildman–Crippen MR) is 163 cm³/mol. The second-order valence-electron chi connectivity index (χ2n) is 9.97. The van der Waals surface area contributed by atoms with Gasteiger partial charge < -0.3 is 9.73 Å². The molecule has 0 amide bonds.